The van der Waals surface area contributed by atoms with Gasteiger partial charge in [0.2, 0.25) is 5.91 Å². The summed E-state index contributed by atoms with van der Waals surface area (Å²) in [5.74, 6) is -1.68. The van der Waals surface area contributed by atoms with E-state index in [0.717, 1.165) is 5.56 Å². The molecule has 1 atom stereocenters. The van der Waals surface area contributed by atoms with Gasteiger partial charge in [0.15, 0.2) is 0 Å². The van der Waals surface area contributed by atoms with Gasteiger partial charge in [-0.25, -0.2) is 0 Å². The molecule has 2 aromatic rings. The maximum absolute atomic E-state index is 12.5. The molecule has 134 valence electrons. The second-order valence-electron chi connectivity index (χ2n) is 6.09. The number of hydrogen-bond donors (Lipinski definition) is 1. The zero-order valence-corrected chi connectivity index (χ0v) is 14.5. The Morgan fingerprint density at radius 2 is 1.69 bits per heavy atom. The van der Waals surface area contributed by atoms with E-state index >= 15 is 0 Å². The van der Waals surface area contributed by atoms with E-state index in [2.05, 4.69) is 5.32 Å². The maximum atomic E-state index is 12.5. The van der Waals surface area contributed by atoms with Crippen molar-refractivity contribution in [2.75, 3.05) is 5.32 Å². The van der Waals surface area contributed by atoms with Gasteiger partial charge in [0, 0.05) is 23.1 Å². The summed E-state index contributed by atoms with van der Waals surface area (Å²) < 4.78 is 0. The summed E-state index contributed by atoms with van der Waals surface area (Å²) in [6.07, 6.45) is -0.0940. The van der Waals surface area contributed by atoms with E-state index in [1.54, 1.807) is 48.5 Å². The van der Waals surface area contributed by atoms with Crippen LogP contribution in [0.25, 0.3) is 0 Å². The zero-order chi connectivity index (χ0) is 18.7. The molecule has 1 aliphatic rings. The lowest BCUT2D eigenvalue weighted by atomic mass is 10.1. The van der Waals surface area contributed by atoms with Crippen molar-refractivity contribution in [3.05, 3.63) is 64.7 Å². The number of benzene rings is 2. The molecule has 0 unspecified atom stereocenters. The van der Waals surface area contributed by atoms with Crippen molar-refractivity contribution in [2.24, 2.45) is 0 Å². The number of carboxylic acids is 1. The first-order chi connectivity index (χ1) is 12.4. The van der Waals surface area contributed by atoms with Crippen LogP contribution in [0.2, 0.25) is 5.02 Å². The zero-order valence-electron chi connectivity index (χ0n) is 13.8. The molecule has 0 spiro atoms. The van der Waals surface area contributed by atoms with E-state index in [1.807, 2.05) is 0 Å². The quantitative estimate of drug-likeness (QED) is 0.775. The van der Waals surface area contributed by atoms with Gasteiger partial charge in [-0.3, -0.25) is 14.5 Å². The highest BCUT2D eigenvalue weighted by Crippen LogP contribution is 2.21. The highest BCUT2D eigenvalue weighted by molar-refractivity contribution is 6.30. The van der Waals surface area contributed by atoms with Crippen molar-refractivity contribution in [2.45, 2.75) is 25.4 Å². The average molecular weight is 372 g/mol. The second kappa shape index (κ2) is 7.58. The average Bonchev–Trinajstić information content (AvgIpc) is 2.85. The molecule has 0 bridgehead atoms. The molecule has 1 saturated heterocycles. The summed E-state index contributed by atoms with van der Waals surface area (Å²) in [5.41, 5.74) is 2.07. The topological polar surface area (TPSA) is 89.5 Å². The lowest BCUT2D eigenvalue weighted by Crippen LogP contribution is -2.34. The van der Waals surface area contributed by atoms with Crippen LogP contribution in [-0.2, 0) is 27.3 Å². The molecule has 0 radical (unpaired) electrons. The lowest BCUT2D eigenvalue weighted by molar-refractivity contribution is -0.304. The molecule has 1 heterocycles. The Balaban J connectivity index is 1.64. The molecule has 2 aromatic carbocycles. The smallest absolute Gasteiger partial charge is 0.252 e. The van der Waals surface area contributed by atoms with E-state index < -0.39 is 12.0 Å². The molecule has 2 amide bonds. The number of nitrogens with zero attached hydrogens (tertiary/aromatic N) is 1. The molecule has 1 fully saturated rings. The Bertz CT molecular complexity index is 834. The fourth-order valence-corrected chi connectivity index (χ4v) is 2.95. The Kier molecular flexibility index (Phi) is 5.23. The van der Waals surface area contributed by atoms with Crippen molar-refractivity contribution in [3.63, 3.8) is 0 Å². The lowest BCUT2D eigenvalue weighted by Gasteiger charge is -2.16. The third kappa shape index (κ3) is 4.21. The van der Waals surface area contributed by atoms with Gasteiger partial charge in [-0.2, -0.15) is 0 Å². The monoisotopic (exact) mass is 371 g/mol. The summed E-state index contributed by atoms with van der Waals surface area (Å²) in [7, 11) is 0. The van der Waals surface area contributed by atoms with E-state index in [0.29, 0.717) is 16.3 Å². The third-order valence-corrected chi connectivity index (χ3v) is 4.39. The predicted octanol–water partition coefficient (Wildman–Crippen LogP) is 1.37. The number of aliphatic carboxylic acids is 1. The minimum Gasteiger partial charge on any atom is -0.550 e. The largest absolute Gasteiger partial charge is 0.550 e. The minimum absolute atomic E-state index is 0.0766. The summed E-state index contributed by atoms with van der Waals surface area (Å²) in [6, 6.07) is 13.0. The van der Waals surface area contributed by atoms with Crippen LogP contribution in [0.15, 0.2) is 48.5 Å². The van der Waals surface area contributed by atoms with Crippen LogP contribution < -0.4 is 10.4 Å². The molecule has 1 aliphatic heterocycles. The van der Waals surface area contributed by atoms with Crippen molar-refractivity contribution in [3.8, 4) is 0 Å². The van der Waals surface area contributed by atoms with Gasteiger partial charge in [0.05, 0.1) is 13.0 Å². The first-order valence-electron chi connectivity index (χ1n) is 8.06. The first-order valence-corrected chi connectivity index (χ1v) is 8.44. The summed E-state index contributed by atoms with van der Waals surface area (Å²) in [6.45, 7) is 0.206. The van der Waals surface area contributed by atoms with Gasteiger partial charge in [-0.05, 0) is 35.4 Å². The van der Waals surface area contributed by atoms with E-state index in [-0.39, 0.29) is 31.2 Å². The number of carbonyl (C=O) groups is 3. The first kappa shape index (κ1) is 17.9. The Morgan fingerprint density at radius 3 is 2.31 bits per heavy atom. The molecular weight excluding hydrogens is 356 g/mol. The fourth-order valence-electron chi connectivity index (χ4n) is 2.82. The molecule has 3 rings (SSSR count). The molecule has 6 nitrogen and oxygen atoms in total. The number of carbonyl (C=O) groups excluding carboxylic acids is 3. The van der Waals surface area contributed by atoms with Gasteiger partial charge in [0.1, 0.15) is 6.04 Å². The molecule has 7 heteroatoms. The summed E-state index contributed by atoms with van der Waals surface area (Å²) in [4.78, 5) is 36.6. The van der Waals surface area contributed by atoms with Crippen LogP contribution in [0.1, 0.15) is 17.5 Å². The van der Waals surface area contributed by atoms with Crippen LogP contribution in [0.3, 0.4) is 0 Å². The van der Waals surface area contributed by atoms with Crippen LogP contribution >= 0.6 is 11.6 Å². The van der Waals surface area contributed by atoms with Crippen molar-refractivity contribution in [1.82, 2.24) is 4.90 Å². The third-order valence-electron chi connectivity index (χ3n) is 4.14. The second-order valence-corrected chi connectivity index (χ2v) is 6.53. The standard InChI is InChI=1S/C19H17ClN2O4/c20-14-5-1-13(2-6-14)11-22-17(23)10-16(19(22)26)21-15-7-3-12(4-8-15)9-18(24)25/h1-8,16,21H,9-11H2,(H,24,25)/p-1/t16-/m0/s1. The van der Waals surface area contributed by atoms with Gasteiger partial charge in [-0.1, -0.05) is 35.9 Å². The van der Waals surface area contributed by atoms with Gasteiger partial charge >= 0.3 is 0 Å². The Hall–Kier alpha value is -2.86. The number of halogens is 1. The van der Waals surface area contributed by atoms with Gasteiger partial charge < -0.3 is 15.2 Å². The van der Waals surface area contributed by atoms with Crippen molar-refractivity contribution in [1.29, 1.82) is 0 Å². The number of hydrogen-bond acceptors (Lipinski definition) is 5. The molecule has 0 aliphatic carbocycles. The van der Waals surface area contributed by atoms with Crippen molar-refractivity contribution < 1.29 is 19.5 Å². The highest BCUT2D eigenvalue weighted by atomic mass is 35.5. The number of likely N-dealkylation sites (tertiary alicyclic amines) is 1. The van der Waals surface area contributed by atoms with Gasteiger partial charge in [-0.15, -0.1) is 0 Å². The molecular formula is C19H16ClN2O4-. The molecule has 0 saturated carbocycles. The summed E-state index contributed by atoms with van der Waals surface area (Å²) in [5, 5.41) is 14.2. The maximum Gasteiger partial charge on any atom is 0.252 e. The number of imide groups is 1. The number of nitrogens with one attached hydrogen (secondary N) is 1. The number of rotatable bonds is 6. The number of carboxylic acid groups (broad SMARTS) is 1. The van der Waals surface area contributed by atoms with Crippen LogP contribution in [0.4, 0.5) is 5.69 Å². The molecule has 1 N–H and O–H groups in total. The van der Waals surface area contributed by atoms with E-state index in [9.17, 15) is 19.5 Å². The number of anilines is 1. The van der Waals surface area contributed by atoms with E-state index in [1.165, 1.54) is 4.90 Å². The van der Waals surface area contributed by atoms with Crippen molar-refractivity contribution >= 4 is 35.1 Å². The highest BCUT2D eigenvalue weighted by Gasteiger charge is 2.38. The molecule has 26 heavy (non-hydrogen) atoms. The predicted molar refractivity (Wildman–Crippen MR) is 94.2 cm³/mol. The van der Waals surface area contributed by atoms with Crippen LogP contribution in [0.5, 0.6) is 0 Å². The molecule has 0 aromatic heterocycles. The van der Waals surface area contributed by atoms with Crippen LogP contribution in [-0.4, -0.2) is 28.7 Å². The van der Waals surface area contributed by atoms with E-state index in [4.69, 9.17) is 11.6 Å². The number of amides is 2. The SMILES string of the molecule is O=C([O-])Cc1ccc(N[C@H]2CC(=O)N(Cc3ccc(Cl)cc3)C2=O)cc1. The Labute approximate surface area is 155 Å². The Morgan fingerprint density at radius 1 is 1.08 bits per heavy atom. The van der Waals surface area contributed by atoms with Gasteiger partial charge in [0.25, 0.3) is 5.91 Å². The summed E-state index contributed by atoms with van der Waals surface area (Å²) >= 11 is 5.84. The fraction of sp³-hybridized carbons (Fsp3) is 0.211. The van der Waals surface area contributed by atoms with Crippen LogP contribution in [0, 0.1) is 0 Å². The minimum atomic E-state index is -1.15. The normalized spacial score (nSPS) is 16.8.